The molecule has 0 atom stereocenters. The maximum absolute atomic E-state index is 11.1. The third-order valence-electron chi connectivity index (χ3n) is 2.88. The van der Waals surface area contributed by atoms with Gasteiger partial charge in [0, 0.05) is 24.5 Å². The van der Waals surface area contributed by atoms with Crippen LogP contribution in [0.4, 0.5) is 0 Å². The first-order chi connectivity index (χ1) is 9.25. The van der Waals surface area contributed by atoms with Crippen LogP contribution in [-0.2, 0) is 13.0 Å². The molecule has 0 aliphatic rings. The molecule has 1 aromatic heterocycles. The molecule has 0 radical (unpaired) electrons. The van der Waals surface area contributed by atoms with Crippen LogP contribution in [0.1, 0.15) is 21.5 Å². The summed E-state index contributed by atoms with van der Waals surface area (Å²) in [5, 5.41) is 3.34. The van der Waals surface area contributed by atoms with Gasteiger partial charge in [0.1, 0.15) is 0 Å². The second-order valence-corrected chi connectivity index (χ2v) is 4.35. The number of nitrogens with one attached hydrogen (secondary N) is 1. The molecule has 4 heteroatoms. The number of pyridine rings is 1. The van der Waals surface area contributed by atoms with Gasteiger partial charge in [-0.3, -0.25) is 9.78 Å². The maximum Gasteiger partial charge on any atom is 0.248 e. The Morgan fingerprint density at radius 2 is 1.95 bits per heavy atom. The molecule has 0 aliphatic carbocycles. The van der Waals surface area contributed by atoms with Crippen LogP contribution in [-0.4, -0.2) is 17.4 Å². The van der Waals surface area contributed by atoms with Crippen molar-refractivity contribution >= 4 is 5.91 Å². The highest BCUT2D eigenvalue weighted by molar-refractivity contribution is 5.92. The van der Waals surface area contributed by atoms with Crippen LogP contribution in [0.15, 0.2) is 48.8 Å². The fourth-order valence-corrected chi connectivity index (χ4v) is 1.85. The lowest BCUT2D eigenvalue weighted by Gasteiger charge is -2.06. The average Bonchev–Trinajstić information content (AvgIpc) is 2.45. The Morgan fingerprint density at radius 1 is 1.16 bits per heavy atom. The molecule has 4 nitrogen and oxygen atoms in total. The Bertz CT molecular complexity index is 540. The summed E-state index contributed by atoms with van der Waals surface area (Å²) in [7, 11) is 0. The van der Waals surface area contributed by atoms with E-state index in [4.69, 9.17) is 5.73 Å². The Labute approximate surface area is 112 Å². The molecule has 0 saturated carbocycles. The number of amides is 1. The van der Waals surface area contributed by atoms with Crippen molar-refractivity contribution in [2.24, 2.45) is 5.73 Å². The fourth-order valence-electron chi connectivity index (χ4n) is 1.85. The van der Waals surface area contributed by atoms with Crippen molar-refractivity contribution < 1.29 is 4.79 Å². The molecule has 2 rings (SSSR count). The molecule has 3 N–H and O–H groups in total. The number of benzene rings is 1. The van der Waals surface area contributed by atoms with E-state index in [0.717, 1.165) is 25.1 Å². The minimum atomic E-state index is -0.390. The van der Waals surface area contributed by atoms with E-state index in [1.165, 1.54) is 5.56 Å². The quantitative estimate of drug-likeness (QED) is 0.769. The number of nitrogens with zero attached hydrogens (tertiary/aromatic N) is 1. The number of nitrogens with two attached hydrogens (primary N) is 1. The minimum Gasteiger partial charge on any atom is -0.366 e. The maximum atomic E-state index is 11.1. The van der Waals surface area contributed by atoms with Crippen LogP contribution in [0.5, 0.6) is 0 Å². The summed E-state index contributed by atoms with van der Waals surface area (Å²) in [4.78, 5) is 15.0. The van der Waals surface area contributed by atoms with E-state index in [1.807, 2.05) is 30.3 Å². The van der Waals surface area contributed by atoms with Gasteiger partial charge in [-0.2, -0.15) is 0 Å². The number of carbonyl (C=O) groups is 1. The van der Waals surface area contributed by atoms with Crippen LogP contribution in [0.25, 0.3) is 0 Å². The van der Waals surface area contributed by atoms with Crippen molar-refractivity contribution in [3.63, 3.8) is 0 Å². The van der Waals surface area contributed by atoms with E-state index in [0.29, 0.717) is 5.56 Å². The van der Waals surface area contributed by atoms with Crippen molar-refractivity contribution in [2.75, 3.05) is 6.54 Å². The predicted molar refractivity (Wildman–Crippen MR) is 74.6 cm³/mol. The SMILES string of the molecule is NC(=O)c1cccc(CNCCc2ccncc2)c1. The lowest BCUT2D eigenvalue weighted by molar-refractivity contribution is 0.1000. The molecule has 0 bridgehead atoms. The van der Waals surface area contributed by atoms with Gasteiger partial charge in [-0.15, -0.1) is 0 Å². The molecule has 2 aromatic rings. The summed E-state index contributed by atoms with van der Waals surface area (Å²) in [6.07, 6.45) is 4.55. The van der Waals surface area contributed by atoms with Crippen molar-refractivity contribution in [1.29, 1.82) is 0 Å². The first-order valence-electron chi connectivity index (χ1n) is 6.24. The lowest BCUT2D eigenvalue weighted by atomic mass is 10.1. The molecule has 0 unspecified atom stereocenters. The number of rotatable bonds is 6. The number of hydrogen-bond acceptors (Lipinski definition) is 3. The molecule has 1 heterocycles. The summed E-state index contributed by atoms with van der Waals surface area (Å²) < 4.78 is 0. The highest BCUT2D eigenvalue weighted by Gasteiger charge is 2.00. The molecular formula is C15H17N3O. The van der Waals surface area contributed by atoms with E-state index in [1.54, 1.807) is 18.5 Å². The first kappa shape index (κ1) is 13.2. The van der Waals surface area contributed by atoms with E-state index in [-0.39, 0.29) is 0 Å². The zero-order valence-electron chi connectivity index (χ0n) is 10.7. The zero-order valence-corrected chi connectivity index (χ0v) is 10.7. The number of carbonyl (C=O) groups excluding carboxylic acids is 1. The zero-order chi connectivity index (χ0) is 13.5. The molecule has 0 saturated heterocycles. The van der Waals surface area contributed by atoms with E-state index >= 15 is 0 Å². The predicted octanol–water partition coefficient (Wildman–Crippen LogP) is 1.51. The summed E-state index contributed by atoms with van der Waals surface area (Å²) in [5.74, 6) is -0.390. The van der Waals surface area contributed by atoms with E-state index in [9.17, 15) is 4.79 Å². The monoisotopic (exact) mass is 255 g/mol. The number of hydrogen-bond donors (Lipinski definition) is 2. The summed E-state index contributed by atoms with van der Waals surface area (Å²) >= 11 is 0. The Balaban J connectivity index is 1.80. The standard InChI is InChI=1S/C15H17N3O/c16-15(19)14-3-1-2-13(10-14)11-18-9-6-12-4-7-17-8-5-12/h1-5,7-8,10,18H,6,9,11H2,(H2,16,19). The summed E-state index contributed by atoms with van der Waals surface area (Å²) in [6.45, 7) is 1.61. The van der Waals surface area contributed by atoms with E-state index in [2.05, 4.69) is 10.3 Å². The molecule has 1 aromatic carbocycles. The van der Waals surface area contributed by atoms with Crippen LogP contribution in [0, 0.1) is 0 Å². The first-order valence-corrected chi connectivity index (χ1v) is 6.24. The second-order valence-electron chi connectivity index (χ2n) is 4.35. The van der Waals surface area contributed by atoms with Gasteiger partial charge >= 0.3 is 0 Å². The summed E-state index contributed by atoms with van der Waals surface area (Å²) in [6, 6.07) is 11.4. The Morgan fingerprint density at radius 3 is 2.68 bits per heavy atom. The topological polar surface area (TPSA) is 68.0 Å². The van der Waals surface area contributed by atoms with Gasteiger partial charge in [-0.1, -0.05) is 12.1 Å². The van der Waals surface area contributed by atoms with Crippen LogP contribution < -0.4 is 11.1 Å². The minimum absolute atomic E-state index is 0.390. The molecule has 19 heavy (non-hydrogen) atoms. The van der Waals surface area contributed by atoms with Crippen LogP contribution in [0.3, 0.4) is 0 Å². The van der Waals surface area contributed by atoms with Gasteiger partial charge in [0.2, 0.25) is 5.91 Å². The molecule has 1 amide bonds. The Hall–Kier alpha value is -2.20. The van der Waals surface area contributed by atoms with Gasteiger partial charge in [0.15, 0.2) is 0 Å². The van der Waals surface area contributed by atoms with Gasteiger partial charge in [-0.25, -0.2) is 0 Å². The fraction of sp³-hybridized carbons (Fsp3) is 0.200. The smallest absolute Gasteiger partial charge is 0.248 e. The van der Waals surface area contributed by atoms with Crippen LogP contribution in [0.2, 0.25) is 0 Å². The molecule has 98 valence electrons. The molecule has 0 fully saturated rings. The van der Waals surface area contributed by atoms with Crippen molar-refractivity contribution in [3.05, 3.63) is 65.5 Å². The second kappa shape index (κ2) is 6.66. The Kier molecular flexibility index (Phi) is 4.64. The lowest BCUT2D eigenvalue weighted by Crippen LogP contribution is -2.17. The van der Waals surface area contributed by atoms with E-state index < -0.39 is 5.91 Å². The van der Waals surface area contributed by atoms with Crippen molar-refractivity contribution in [3.8, 4) is 0 Å². The van der Waals surface area contributed by atoms with Gasteiger partial charge in [0.25, 0.3) is 0 Å². The largest absolute Gasteiger partial charge is 0.366 e. The van der Waals surface area contributed by atoms with Gasteiger partial charge < -0.3 is 11.1 Å². The average molecular weight is 255 g/mol. The van der Waals surface area contributed by atoms with Gasteiger partial charge in [0.05, 0.1) is 0 Å². The number of primary amides is 1. The molecule has 0 aliphatic heterocycles. The third-order valence-corrected chi connectivity index (χ3v) is 2.88. The number of aromatic nitrogens is 1. The highest BCUT2D eigenvalue weighted by Crippen LogP contribution is 2.04. The van der Waals surface area contributed by atoms with Crippen molar-refractivity contribution in [2.45, 2.75) is 13.0 Å². The molecular weight excluding hydrogens is 238 g/mol. The normalized spacial score (nSPS) is 10.3. The van der Waals surface area contributed by atoms with Gasteiger partial charge in [-0.05, 0) is 48.4 Å². The highest BCUT2D eigenvalue weighted by atomic mass is 16.1. The summed E-state index contributed by atoms with van der Waals surface area (Å²) in [5.41, 5.74) is 8.12. The van der Waals surface area contributed by atoms with Crippen molar-refractivity contribution in [1.82, 2.24) is 10.3 Å². The molecule has 0 spiro atoms. The third kappa shape index (κ3) is 4.19. The van der Waals surface area contributed by atoms with Crippen LogP contribution >= 0.6 is 0 Å².